The van der Waals surface area contributed by atoms with E-state index in [-0.39, 0.29) is 5.82 Å². The zero-order valence-electron chi connectivity index (χ0n) is 12.1. The molecule has 0 radical (unpaired) electrons. The standard InChI is InChI=1S/C16H22FN3/c1-18-9-16(10-18)11-20(12-16)15-6-7-19(8-15)14-4-2-13(17)3-5-14/h2-5,15H,6-12H2,1H3. The molecule has 0 aliphatic carbocycles. The average Bonchev–Trinajstić information content (AvgIpc) is 2.82. The summed E-state index contributed by atoms with van der Waals surface area (Å²) in [6.45, 7) is 7.30. The van der Waals surface area contributed by atoms with E-state index in [1.807, 2.05) is 12.1 Å². The molecule has 0 N–H and O–H groups in total. The van der Waals surface area contributed by atoms with Crippen LogP contribution in [0.3, 0.4) is 0 Å². The van der Waals surface area contributed by atoms with E-state index in [2.05, 4.69) is 21.7 Å². The van der Waals surface area contributed by atoms with E-state index >= 15 is 0 Å². The molecule has 4 heteroatoms. The molecule has 1 unspecified atom stereocenters. The Morgan fingerprint density at radius 3 is 2.45 bits per heavy atom. The van der Waals surface area contributed by atoms with Crippen LogP contribution >= 0.6 is 0 Å². The SMILES string of the molecule is CN1CC2(C1)CN(C1CCN(c3ccc(F)cc3)C1)C2. The number of benzene rings is 1. The molecule has 0 saturated carbocycles. The van der Waals surface area contributed by atoms with Gasteiger partial charge in [0, 0.05) is 56.4 Å². The normalized spacial score (nSPS) is 29.5. The molecule has 4 rings (SSSR count). The van der Waals surface area contributed by atoms with Gasteiger partial charge in [-0.2, -0.15) is 0 Å². The van der Waals surface area contributed by atoms with Crippen LogP contribution in [0.25, 0.3) is 0 Å². The van der Waals surface area contributed by atoms with Gasteiger partial charge in [0.05, 0.1) is 0 Å². The fourth-order valence-corrected chi connectivity index (χ4v) is 4.30. The van der Waals surface area contributed by atoms with Crippen LogP contribution in [0, 0.1) is 11.2 Å². The lowest BCUT2D eigenvalue weighted by atomic mass is 9.72. The van der Waals surface area contributed by atoms with Crippen LogP contribution in [0.1, 0.15) is 6.42 Å². The largest absolute Gasteiger partial charge is 0.370 e. The molecule has 1 aromatic carbocycles. The van der Waals surface area contributed by atoms with Crippen molar-refractivity contribution in [2.45, 2.75) is 12.5 Å². The van der Waals surface area contributed by atoms with Crippen molar-refractivity contribution in [2.75, 3.05) is 51.2 Å². The van der Waals surface area contributed by atoms with Crippen LogP contribution in [0.4, 0.5) is 10.1 Å². The van der Waals surface area contributed by atoms with Crippen molar-refractivity contribution >= 4 is 5.69 Å². The highest BCUT2D eigenvalue weighted by Crippen LogP contribution is 2.41. The Labute approximate surface area is 120 Å². The summed E-state index contributed by atoms with van der Waals surface area (Å²) < 4.78 is 13.0. The molecule has 3 fully saturated rings. The van der Waals surface area contributed by atoms with Gasteiger partial charge in [0.15, 0.2) is 0 Å². The van der Waals surface area contributed by atoms with E-state index in [0.717, 1.165) is 18.8 Å². The molecule has 0 aromatic heterocycles. The van der Waals surface area contributed by atoms with Crippen molar-refractivity contribution in [3.05, 3.63) is 30.1 Å². The second-order valence-electron chi connectivity index (χ2n) is 6.94. The van der Waals surface area contributed by atoms with Gasteiger partial charge in [0.2, 0.25) is 0 Å². The summed E-state index contributed by atoms with van der Waals surface area (Å²) in [7, 11) is 2.21. The van der Waals surface area contributed by atoms with Gasteiger partial charge in [0.25, 0.3) is 0 Å². The van der Waals surface area contributed by atoms with Crippen LogP contribution in [-0.2, 0) is 0 Å². The van der Waals surface area contributed by atoms with Crippen molar-refractivity contribution in [3.8, 4) is 0 Å². The summed E-state index contributed by atoms with van der Waals surface area (Å²) in [5.74, 6) is -0.150. The predicted octanol–water partition coefficient (Wildman–Crippen LogP) is 1.65. The van der Waals surface area contributed by atoms with E-state index in [4.69, 9.17) is 0 Å². The van der Waals surface area contributed by atoms with Crippen molar-refractivity contribution < 1.29 is 4.39 Å². The molecular weight excluding hydrogens is 253 g/mol. The van der Waals surface area contributed by atoms with E-state index < -0.39 is 0 Å². The highest BCUT2D eigenvalue weighted by molar-refractivity contribution is 5.47. The Morgan fingerprint density at radius 1 is 1.10 bits per heavy atom. The zero-order chi connectivity index (χ0) is 13.7. The maximum atomic E-state index is 13.0. The van der Waals surface area contributed by atoms with Crippen molar-refractivity contribution in [3.63, 3.8) is 0 Å². The minimum Gasteiger partial charge on any atom is -0.370 e. The second kappa shape index (κ2) is 4.43. The Bertz CT molecular complexity index is 487. The summed E-state index contributed by atoms with van der Waals surface area (Å²) in [6.07, 6.45) is 1.24. The van der Waals surface area contributed by atoms with E-state index in [9.17, 15) is 4.39 Å². The number of halogens is 1. The minimum absolute atomic E-state index is 0.150. The van der Waals surface area contributed by atoms with Crippen LogP contribution in [0.2, 0.25) is 0 Å². The number of anilines is 1. The fourth-order valence-electron chi connectivity index (χ4n) is 4.30. The number of rotatable bonds is 2. The number of hydrogen-bond acceptors (Lipinski definition) is 3. The van der Waals surface area contributed by atoms with Crippen LogP contribution < -0.4 is 4.90 Å². The monoisotopic (exact) mass is 275 g/mol. The van der Waals surface area contributed by atoms with Gasteiger partial charge >= 0.3 is 0 Å². The highest BCUT2D eigenvalue weighted by Gasteiger charge is 2.52. The molecule has 0 bridgehead atoms. The first kappa shape index (κ1) is 12.6. The van der Waals surface area contributed by atoms with Crippen molar-refractivity contribution in [1.82, 2.24) is 9.80 Å². The molecular formula is C16H22FN3. The highest BCUT2D eigenvalue weighted by atomic mass is 19.1. The molecule has 20 heavy (non-hydrogen) atoms. The van der Waals surface area contributed by atoms with Gasteiger partial charge in [-0.3, -0.25) is 4.90 Å². The first-order valence-electron chi connectivity index (χ1n) is 7.57. The summed E-state index contributed by atoms with van der Waals surface area (Å²) in [5.41, 5.74) is 1.78. The van der Waals surface area contributed by atoms with Gasteiger partial charge in [-0.1, -0.05) is 0 Å². The van der Waals surface area contributed by atoms with Crippen LogP contribution in [-0.4, -0.2) is 62.2 Å². The number of nitrogens with zero attached hydrogens (tertiary/aromatic N) is 3. The molecule has 1 aromatic rings. The van der Waals surface area contributed by atoms with E-state index in [1.165, 1.54) is 32.6 Å². The predicted molar refractivity (Wildman–Crippen MR) is 78.5 cm³/mol. The molecule has 0 amide bonds. The van der Waals surface area contributed by atoms with Gasteiger partial charge in [0.1, 0.15) is 5.82 Å². The number of likely N-dealkylation sites (tertiary alicyclic amines) is 2. The van der Waals surface area contributed by atoms with Gasteiger partial charge in [-0.25, -0.2) is 4.39 Å². The van der Waals surface area contributed by atoms with Gasteiger partial charge in [-0.05, 0) is 37.7 Å². The summed E-state index contributed by atoms with van der Waals surface area (Å²) in [6, 6.07) is 7.61. The maximum absolute atomic E-state index is 13.0. The van der Waals surface area contributed by atoms with Crippen molar-refractivity contribution in [1.29, 1.82) is 0 Å². The maximum Gasteiger partial charge on any atom is 0.123 e. The van der Waals surface area contributed by atoms with Gasteiger partial charge in [-0.15, -0.1) is 0 Å². The lowest BCUT2D eigenvalue weighted by molar-refractivity contribution is -0.117. The van der Waals surface area contributed by atoms with Crippen LogP contribution in [0.15, 0.2) is 24.3 Å². The fraction of sp³-hybridized carbons (Fsp3) is 0.625. The first-order valence-corrected chi connectivity index (χ1v) is 7.57. The Morgan fingerprint density at radius 2 is 1.80 bits per heavy atom. The average molecular weight is 275 g/mol. The zero-order valence-corrected chi connectivity index (χ0v) is 12.1. The quantitative estimate of drug-likeness (QED) is 0.812. The van der Waals surface area contributed by atoms with Crippen molar-refractivity contribution in [2.24, 2.45) is 5.41 Å². The van der Waals surface area contributed by atoms with Gasteiger partial charge < -0.3 is 9.80 Å². The molecule has 1 spiro atoms. The molecule has 3 aliphatic rings. The third kappa shape index (κ3) is 2.02. The lowest BCUT2D eigenvalue weighted by Crippen LogP contribution is -2.72. The summed E-state index contributed by atoms with van der Waals surface area (Å²) in [5, 5.41) is 0. The number of hydrogen-bond donors (Lipinski definition) is 0. The topological polar surface area (TPSA) is 9.72 Å². The third-order valence-corrected chi connectivity index (χ3v) is 5.16. The Kier molecular flexibility index (Phi) is 2.79. The molecule has 1 atom stereocenters. The smallest absolute Gasteiger partial charge is 0.123 e. The molecule has 3 aliphatic heterocycles. The molecule has 3 heterocycles. The summed E-state index contributed by atoms with van der Waals surface area (Å²) in [4.78, 5) is 7.45. The van der Waals surface area contributed by atoms with E-state index in [0.29, 0.717) is 11.5 Å². The Balaban J connectivity index is 1.34. The summed E-state index contributed by atoms with van der Waals surface area (Å²) >= 11 is 0. The molecule has 3 nitrogen and oxygen atoms in total. The molecule has 108 valence electrons. The van der Waals surface area contributed by atoms with E-state index in [1.54, 1.807) is 12.1 Å². The Hall–Kier alpha value is -1.13. The minimum atomic E-state index is -0.150. The van der Waals surface area contributed by atoms with Crippen LogP contribution in [0.5, 0.6) is 0 Å². The second-order valence-corrected chi connectivity index (χ2v) is 6.94. The lowest BCUT2D eigenvalue weighted by Gasteiger charge is -2.61. The third-order valence-electron chi connectivity index (χ3n) is 5.16. The molecule has 3 saturated heterocycles. The first-order chi connectivity index (χ1) is 9.63.